The van der Waals surface area contributed by atoms with E-state index in [0.29, 0.717) is 30.8 Å². The first-order valence-corrected chi connectivity index (χ1v) is 12.1. The lowest BCUT2D eigenvalue weighted by molar-refractivity contribution is -0.117. The quantitative estimate of drug-likeness (QED) is 0.775. The summed E-state index contributed by atoms with van der Waals surface area (Å²) < 4.78 is 25.1. The highest BCUT2D eigenvalue weighted by Crippen LogP contribution is 2.39. The molecule has 0 bridgehead atoms. The number of carbonyl (C=O) groups is 2. The monoisotopic (exact) mass is 446 g/mol. The zero-order valence-electron chi connectivity index (χ0n) is 17.6. The molecule has 1 N–H and O–H groups in total. The number of hydrogen-bond acceptors (Lipinski definition) is 5. The van der Waals surface area contributed by atoms with Gasteiger partial charge in [0.2, 0.25) is 5.91 Å². The molecule has 0 saturated carbocycles. The molecule has 0 aliphatic carbocycles. The zero-order valence-corrected chi connectivity index (χ0v) is 18.4. The number of fused-ring (bicyclic) bond motifs is 1. The molecule has 4 rings (SSSR count). The summed E-state index contributed by atoms with van der Waals surface area (Å²) in [6.45, 7) is 4.16. The number of aromatic nitrogens is 2. The van der Waals surface area contributed by atoms with E-state index in [1.807, 2.05) is 23.9 Å². The second-order valence-electron chi connectivity index (χ2n) is 8.38. The van der Waals surface area contributed by atoms with Crippen molar-refractivity contribution in [3.05, 3.63) is 30.6 Å². The summed E-state index contributed by atoms with van der Waals surface area (Å²) in [5.74, 6) is 0.598. The fourth-order valence-corrected chi connectivity index (χ4v) is 6.05. The van der Waals surface area contributed by atoms with Crippen LogP contribution >= 0.6 is 0 Å². The van der Waals surface area contributed by atoms with Crippen LogP contribution in [0.5, 0.6) is 0 Å². The fourth-order valence-electron chi connectivity index (χ4n) is 4.46. The lowest BCUT2D eigenvalue weighted by Crippen LogP contribution is -2.51. The van der Waals surface area contributed by atoms with Crippen molar-refractivity contribution >= 4 is 33.2 Å². The van der Waals surface area contributed by atoms with E-state index in [0.717, 1.165) is 11.1 Å². The normalized spacial score (nSPS) is 21.0. The Morgan fingerprint density at radius 3 is 2.52 bits per heavy atom. The number of sulfone groups is 1. The highest BCUT2D eigenvalue weighted by Gasteiger charge is 2.33. The van der Waals surface area contributed by atoms with Crippen LogP contribution in [0.1, 0.15) is 26.7 Å². The summed E-state index contributed by atoms with van der Waals surface area (Å²) in [5.41, 5.74) is 2.70. The Morgan fingerprint density at radius 1 is 1.16 bits per heavy atom. The summed E-state index contributed by atoms with van der Waals surface area (Å²) in [7, 11) is -2.89. The van der Waals surface area contributed by atoms with Gasteiger partial charge in [-0.3, -0.25) is 14.4 Å². The minimum atomic E-state index is -2.89. The molecule has 2 aromatic rings. The lowest BCUT2D eigenvalue weighted by Gasteiger charge is -2.39. The van der Waals surface area contributed by atoms with Crippen LogP contribution in [0.2, 0.25) is 0 Å². The molecule has 2 amide bonds. The van der Waals surface area contributed by atoms with E-state index in [4.69, 9.17) is 0 Å². The highest BCUT2D eigenvalue weighted by atomic mass is 32.2. The first-order valence-electron chi connectivity index (χ1n) is 10.3. The molecular weight excluding hydrogens is 420 g/mol. The Morgan fingerprint density at radius 2 is 1.87 bits per heavy atom. The van der Waals surface area contributed by atoms with E-state index in [1.165, 1.54) is 11.8 Å². The van der Waals surface area contributed by atoms with E-state index in [1.54, 1.807) is 23.2 Å². The van der Waals surface area contributed by atoms with Gasteiger partial charge in [0.25, 0.3) is 0 Å². The Labute approximate surface area is 181 Å². The number of benzene rings is 1. The van der Waals surface area contributed by atoms with Gasteiger partial charge in [0.1, 0.15) is 9.84 Å². The highest BCUT2D eigenvalue weighted by molar-refractivity contribution is 7.91. The van der Waals surface area contributed by atoms with Crippen molar-refractivity contribution < 1.29 is 23.1 Å². The number of nitrogens with zero attached hydrogens (tertiary/aromatic N) is 4. The van der Waals surface area contributed by atoms with E-state index in [9.17, 15) is 23.1 Å². The van der Waals surface area contributed by atoms with Crippen LogP contribution < -0.4 is 9.80 Å². The van der Waals surface area contributed by atoms with Gasteiger partial charge < -0.3 is 10.0 Å². The summed E-state index contributed by atoms with van der Waals surface area (Å²) in [5, 5.41) is 14.1. The standard InChI is InChI=1S/C21H26N4O5S/c1-14-11-24(21(27)28)20-9-17(3-4-19(20)25(14)15(2)26)18-10-22-23(13-18)12-16-5-7-31(29,30)8-6-16/h3-4,9-10,13-14,16H,5-8,11-12H2,1-2H3,(H,27,28)/t14-/m0/s1. The van der Waals surface area contributed by atoms with E-state index in [-0.39, 0.29) is 35.9 Å². The van der Waals surface area contributed by atoms with Gasteiger partial charge in [0, 0.05) is 31.8 Å². The molecule has 1 aromatic heterocycles. The minimum absolute atomic E-state index is 0.131. The molecule has 2 aliphatic heterocycles. The van der Waals surface area contributed by atoms with Crippen molar-refractivity contribution in [2.75, 3.05) is 27.9 Å². The molecule has 2 aliphatic rings. The number of rotatable bonds is 3. The van der Waals surface area contributed by atoms with Crippen molar-refractivity contribution in [1.29, 1.82) is 0 Å². The first kappa shape index (κ1) is 21.4. The van der Waals surface area contributed by atoms with E-state index in [2.05, 4.69) is 5.10 Å². The summed E-state index contributed by atoms with van der Waals surface area (Å²) in [4.78, 5) is 26.9. The van der Waals surface area contributed by atoms with Gasteiger partial charge in [-0.15, -0.1) is 0 Å². The smallest absolute Gasteiger partial charge is 0.411 e. The Balaban J connectivity index is 1.59. The van der Waals surface area contributed by atoms with Crippen LogP contribution in [0, 0.1) is 5.92 Å². The maximum Gasteiger partial charge on any atom is 0.411 e. The van der Waals surface area contributed by atoms with Gasteiger partial charge in [-0.05, 0) is 43.4 Å². The SMILES string of the molecule is CC(=O)N1c2ccc(-c3cnn(CC4CCS(=O)(=O)CC4)c3)cc2N(C(=O)O)C[C@@H]1C. The second kappa shape index (κ2) is 7.99. The molecular formula is C21H26N4O5S. The van der Waals surface area contributed by atoms with E-state index >= 15 is 0 Å². The fraction of sp³-hybridized carbons (Fsp3) is 0.476. The minimum Gasteiger partial charge on any atom is -0.465 e. The van der Waals surface area contributed by atoms with Gasteiger partial charge in [0.05, 0.1) is 35.1 Å². The number of hydrogen-bond donors (Lipinski definition) is 1. The van der Waals surface area contributed by atoms with Crippen molar-refractivity contribution in [3.63, 3.8) is 0 Å². The molecule has 0 radical (unpaired) electrons. The second-order valence-corrected chi connectivity index (χ2v) is 10.7. The molecule has 9 nitrogen and oxygen atoms in total. The average molecular weight is 447 g/mol. The Bertz CT molecular complexity index is 1110. The summed E-state index contributed by atoms with van der Waals surface area (Å²) in [6, 6.07) is 5.16. The van der Waals surface area contributed by atoms with Crippen molar-refractivity contribution in [3.8, 4) is 11.1 Å². The van der Waals surface area contributed by atoms with Crippen molar-refractivity contribution in [2.24, 2.45) is 5.92 Å². The maximum absolute atomic E-state index is 12.1. The third-order valence-electron chi connectivity index (χ3n) is 6.07. The molecule has 10 heteroatoms. The van der Waals surface area contributed by atoms with Crippen LogP contribution in [-0.4, -0.2) is 59.4 Å². The molecule has 0 spiro atoms. The topological polar surface area (TPSA) is 113 Å². The van der Waals surface area contributed by atoms with Crippen LogP contribution in [0.4, 0.5) is 16.2 Å². The predicted octanol–water partition coefficient (Wildman–Crippen LogP) is 2.61. The number of carbonyl (C=O) groups excluding carboxylic acids is 1. The first-order chi connectivity index (χ1) is 14.6. The van der Waals surface area contributed by atoms with Gasteiger partial charge in [-0.2, -0.15) is 5.10 Å². The third kappa shape index (κ3) is 4.30. The molecule has 1 fully saturated rings. The lowest BCUT2D eigenvalue weighted by atomic mass is 10.0. The Hall–Kier alpha value is -2.88. The molecule has 166 valence electrons. The predicted molar refractivity (Wildman–Crippen MR) is 117 cm³/mol. The van der Waals surface area contributed by atoms with Crippen LogP contribution in [-0.2, 0) is 21.2 Å². The number of anilines is 2. The van der Waals surface area contributed by atoms with Crippen LogP contribution in [0.3, 0.4) is 0 Å². The van der Waals surface area contributed by atoms with Gasteiger partial charge in [-0.25, -0.2) is 13.2 Å². The zero-order chi connectivity index (χ0) is 22.3. The number of carboxylic acid groups (broad SMARTS) is 1. The van der Waals surface area contributed by atoms with Crippen molar-refractivity contribution in [2.45, 2.75) is 39.3 Å². The molecule has 1 atom stereocenters. The molecule has 3 heterocycles. The summed E-state index contributed by atoms with van der Waals surface area (Å²) in [6.07, 6.45) is 3.84. The molecule has 0 unspecified atom stereocenters. The summed E-state index contributed by atoms with van der Waals surface area (Å²) >= 11 is 0. The van der Waals surface area contributed by atoms with Gasteiger partial charge >= 0.3 is 6.09 Å². The van der Waals surface area contributed by atoms with Gasteiger partial charge in [-0.1, -0.05) is 6.07 Å². The van der Waals surface area contributed by atoms with E-state index < -0.39 is 15.9 Å². The third-order valence-corrected chi connectivity index (χ3v) is 7.78. The average Bonchev–Trinajstić information content (AvgIpc) is 3.16. The number of amides is 2. The van der Waals surface area contributed by atoms with Crippen LogP contribution in [0.25, 0.3) is 11.1 Å². The maximum atomic E-state index is 12.1. The Kier molecular flexibility index (Phi) is 5.50. The molecule has 1 aromatic carbocycles. The largest absolute Gasteiger partial charge is 0.465 e. The molecule has 1 saturated heterocycles. The van der Waals surface area contributed by atoms with Crippen LogP contribution in [0.15, 0.2) is 30.6 Å². The van der Waals surface area contributed by atoms with Gasteiger partial charge in [0.15, 0.2) is 0 Å². The van der Waals surface area contributed by atoms with Crippen molar-refractivity contribution in [1.82, 2.24) is 9.78 Å². The molecule has 31 heavy (non-hydrogen) atoms.